The van der Waals surface area contributed by atoms with Crippen molar-refractivity contribution in [1.82, 2.24) is 4.90 Å². The van der Waals surface area contributed by atoms with E-state index in [1.807, 2.05) is 0 Å². The first-order valence-corrected chi connectivity index (χ1v) is 9.66. The Balaban J connectivity index is 1.58. The molecule has 1 saturated heterocycles. The summed E-state index contributed by atoms with van der Waals surface area (Å²) in [6.45, 7) is 0.292. The van der Waals surface area contributed by atoms with Crippen LogP contribution in [0.25, 0.3) is 0 Å². The topological polar surface area (TPSA) is 98.1 Å². The lowest BCUT2D eigenvalue weighted by molar-refractivity contribution is 0.182. The maximum absolute atomic E-state index is 12.3. The van der Waals surface area contributed by atoms with Crippen LogP contribution in [0.4, 0.5) is 10.5 Å². The normalized spacial score (nSPS) is 14.6. The molecule has 0 radical (unpaired) electrons. The first-order valence-electron chi connectivity index (χ1n) is 7.95. The van der Waals surface area contributed by atoms with Gasteiger partial charge in [-0.2, -0.15) is 0 Å². The highest BCUT2D eigenvalue weighted by molar-refractivity contribution is 7.91. The van der Waals surface area contributed by atoms with E-state index >= 15 is 0 Å². The first-order chi connectivity index (χ1) is 12.4. The van der Waals surface area contributed by atoms with Gasteiger partial charge in [-0.15, -0.1) is 0 Å². The Bertz CT molecular complexity index is 873. The van der Waals surface area contributed by atoms with Crippen molar-refractivity contribution < 1.29 is 27.1 Å². The first kappa shape index (κ1) is 18.1. The van der Waals surface area contributed by atoms with Gasteiger partial charge in [-0.3, -0.25) is 0 Å². The lowest BCUT2D eigenvalue weighted by Gasteiger charge is -2.38. The average molecular weight is 380 g/mol. The SMILES string of the molecule is COc1ccc(NC(=O)N2CC(S(=O)(=O)Cc3ccco3)C2)c(OC)c1. The van der Waals surface area contributed by atoms with Crippen molar-refractivity contribution in [2.75, 3.05) is 32.6 Å². The molecule has 1 aromatic heterocycles. The van der Waals surface area contributed by atoms with E-state index in [-0.39, 0.29) is 24.9 Å². The number of carbonyl (C=O) groups excluding carboxylic acids is 1. The van der Waals surface area contributed by atoms with Crippen LogP contribution in [0, 0.1) is 0 Å². The third-order valence-corrected chi connectivity index (χ3v) is 6.22. The molecule has 0 atom stereocenters. The summed E-state index contributed by atoms with van der Waals surface area (Å²) in [7, 11) is -0.335. The Morgan fingerprint density at radius 1 is 1.27 bits per heavy atom. The van der Waals surface area contributed by atoms with Crippen LogP contribution in [0.5, 0.6) is 11.5 Å². The number of furan rings is 1. The fourth-order valence-corrected chi connectivity index (χ4v) is 4.25. The Hall–Kier alpha value is -2.68. The van der Waals surface area contributed by atoms with Crippen LogP contribution >= 0.6 is 0 Å². The molecule has 0 aliphatic carbocycles. The van der Waals surface area contributed by atoms with E-state index in [4.69, 9.17) is 13.9 Å². The molecule has 26 heavy (non-hydrogen) atoms. The zero-order chi connectivity index (χ0) is 18.7. The van der Waals surface area contributed by atoms with Gasteiger partial charge in [0.1, 0.15) is 23.0 Å². The van der Waals surface area contributed by atoms with Gasteiger partial charge in [0.25, 0.3) is 0 Å². The smallest absolute Gasteiger partial charge is 0.322 e. The minimum atomic E-state index is -3.36. The summed E-state index contributed by atoms with van der Waals surface area (Å²) in [5, 5.41) is 2.14. The maximum Gasteiger partial charge on any atom is 0.322 e. The van der Waals surface area contributed by atoms with Crippen LogP contribution in [0.15, 0.2) is 41.0 Å². The molecule has 1 aromatic carbocycles. The predicted molar refractivity (Wildman–Crippen MR) is 95.3 cm³/mol. The number of hydrogen-bond donors (Lipinski definition) is 1. The van der Waals surface area contributed by atoms with Gasteiger partial charge in [-0.25, -0.2) is 13.2 Å². The van der Waals surface area contributed by atoms with Gasteiger partial charge in [0.05, 0.1) is 31.4 Å². The molecular formula is C17H20N2O6S. The molecule has 0 bridgehead atoms. The van der Waals surface area contributed by atoms with Gasteiger partial charge in [0, 0.05) is 19.2 Å². The summed E-state index contributed by atoms with van der Waals surface area (Å²) in [5.41, 5.74) is 0.486. The minimum absolute atomic E-state index is 0.146. The van der Waals surface area contributed by atoms with Crippen molar-refractivity contribution in [2.45, 2.75) is 11.0 Å². The Morgan fingerprint density at radius 2 is 2.04 bits per heavy atom. The van der Waals surface area contributed by atoms with Crippen molar-refractivity contribution in [2.24, 2.45) is 0 Å². The maximum atomic E-state index is 12.3. The van der Waals surface area contributed by atoms with E-state index in [9.17, 15) is 13.2 Å². The van der Waals surface area contributed by atoms with Gasteiger partial charge in [-0.05, 0) is 24.3 Å². The molecular weight excluding hydrogens is 360 g/mol. The Kier molecular flexibility index (Phi) is 5.08. The average Bonchev–Trinajstić information content (AvgIpc) is 3.05. The quantitative estimate of drug-likeness (QED) is 0.824. The standard InChI is InChI=1S/C17H20N2O6S/c1-23-12-5-6-15(16(8-12)24-2)18-17(20)19-9-14(10-19)26(21,22)11-13-4-3-7-25-13/h3-8,14H,9-11H2,1-2H3,(H,18,20). The molecule has 2 heterocycles. The third kappa shape index (κ3) is 3.77. The number of anilines is 1. The monoisotopic (exact) mass is 380 g/mol. The third-order valence-electron chi connectivity index (χ3n) is 4.22. The fraction of sp³-hybridized carbons (Fsp3) is 0.353. The zero-order valence-corrected chi connectivity index (χ0v) is 15.3. The molecule has 2 aromatic rings. The molecule has 0 unspecified atom stereocenters. The van der Waals surface area contributed by atoms with Crippen LogP contribution in [0.2, 0.25) is 0 Å². The summed E-state index contributed by atoms with van der Waals surface area (Å²) in [6, 6.07) is 7.91. The summed E-state index contributed by atoms with van der Waals surface area (Å²) in [6.07, 6.45) is 1.44. The molecule has 1 fully saturated rings. The molecule has 8 nitrogen and oxygen atoms in total. The van der Waals surface area contributed by atoms with Gasteiger partial charge < -0.3 is 24.1 Å². The number of sulfone groups is 1. The summed E-state index contributed by atoms with van der Waals surface area (Å²) in [5.74, 6) is 1.30. The number of hydrogen-bond acceptors (Lipinski definition) is 6. The Labute approximate surface area is 151 Å². The number of urea groups is 1. The number of nitrogens with zero attached hydrogens (tertiary/aromatic N) is 1. The van der Waals surface area contributed by atoms with E-state index in [1.165, 1.54) is 25.4 Å². The molecule has 9 heteroatoms. The van der Waals surface area contributed by atoms with Crippen molar-refractivity contribution in [3.8, 4) is 11.5 Å². The number of ether oxygens (including phenoxy) is 2. The van der Waals surface area contributed by atoms with Crippen molar-refractivity contribution in [1.29, 1.82) is 0 Å². The van der Waals surface area contributed by atoms with Gasteiger partial charge >= 0.3 is 6.03 Å². The number of amides is 2. The van der Waals surface area contributed by atoms with Crippen molar-refractivity contribution >= 4 is 21.6 Å². The lowest BCUT2D eigenvalue weighted by atomic mass is 10.2. The van der Waals surface area contributed by atoms with E-state index in [2.05, 4.69) is 5.32 Å². The molecule has 3 rings (SSSR count). The van der Waals surface area contributed by atoms with Crippen molar-refractivity contribution in [3.63, 3.8) is 0 Å². The van der Waals surface area contributed by atoms with Crippen LogP contribution in [-0.4, -0.2) is 51.9 Å². The van der Waals surface area contributed by atoms with Gasteiger partial charge in [-0.1, -0.05) is 0 Å². The second-order valence-corrected chi connectivity index (χ2v) is 8.19. The second-order valence-electron chi connectivity index (χ2n) is 5.91. The largest absolute Gasteiger partial charge is 0.497 e. The molecule has 140 valence electrons. The second kappa shape index (κ2) is 7.28. The number of methoxy groups -OCH3 is 2. The zero-order valence-electron chi connectivity index (χ0n) is 14.5. The number of rotatable bonds is 6. The highest BCUT2D eigenvalue weighted by atomic mass is 32.2. The van der Waals surface area contributed by atoms with Crippen LogP contribution < -0.4 is 14.8 Å². The fourth-order valence-electron chi connectivity index (χ4n) is 2.64. The lowest BCUT2D eigenvalue weighted by Crippen LogP contribution is -2.58. The summed E-state index contributed by atoms with van der Waals surface area (Å²) >= 11 is 0. The van der Waals surface area contributed by atoms with Crippen molar-refractivity contribution in [3.05, 3.63) is 42.4 Å². The van der Waals surface area contributed by atoms with Crippen LogP contribution in [0.3, 0.4) is 0 Å². The molecule has 1 N–H and O–H groups in total. The van der Waals surface area contributed by atoms with E-state index in [1.54, 1.807) is 30.3 Å². The van der Waals surface area contributed by atoms with E-state index in [0.29, 0.717) is 22.9 Å². The van der Waals surface area contributed by atoms with E-state index in [0.717, 1.165) is 0 Å². The number of benzene rings is 1. The molecule has 1 aliphatic heterocycles. The van der Waals surface area contributed by atoms with Crippen LogP contribution in [-0.2, 0) is 15.6 Å². The van der Waals surface area contributed by atoms with Crippen LogP contribution in [0.1, 0.15) is 5.76 Å². The number of likely N-dealkylation sites (tertiary alicyclic amines) is 1. The van der Waals surface area contributed by atoms with E-state index < -0.39 is 15.1 Å². The molecule has 1 aliphatic rings. The molecule has 2 amide bonds. The highest BCUT2D eigenvalue weighted by Crippen LogP contribution is 2.30. The molecule has 0 spiro atoms. The number of nitrogens with one attached hydrogen (secondary N) is 1. The van der Waals surface area contributed by atoms with Gasteiger partial charge in [0.2, 0.25) is 0 Å². The minimum Gasteiger partial charge on any atom is -0.497 e. The highest BCUT2D eigenvalue weighted by Gasteiger charge is 2.40. The molecule has 0 saturated carbocycles. The van der Waals surface area contributed by atoms with Gasteiger partial charge in [0.15, 0.2) is 9.84 Å². The predicted octanol–water partition coefficient (Wildman–Crippen LogP) is 2.13. The summed E-state index contributed by atoms with van der Waals surface area (Å²) < 4.78 is 40.1. The number of carbonyl (C=O) groups is 1. The Morgan fingerprint density at radius 3 is 2.65 bits per heavy atom. The summed E-state index contributed by atoms with van der Waals surface area (Å²) in [4.78, 5) is 13.8.